The normalized spacial score (nSPS) is 12.0. The topological polar surface area (TPSA) is 25.8 Å². The molecule has 6 rings (SSSR count). The standard InChI is InChI=1S/C27H20N2S/c1-16(2)22-14-19(13-18-8-4-5-9-20(18)22)26-25-24-21-10-6-3-7-17(21)11-12-23(24)30-27(25)29-15-28-26/h3-16H,1-2H3. The fraction of sp³-hybridized carbons (Fsp3) is 0.111. The van der Waals surface area contributed by atoms with Crippen LogP contribution in [-0.4, -0.2) is 9.97 Å². The van der Waals surface area contributed by atoms with Gasteiger partial charge in [-0.25, -0.2) is 9.97 Å². The van der Waals surface area contributed by atoms with Gasteiger partial charge in [0.25, 0.3) is 0 Å². The first-order valence-corrected chi connectivity index (χ1v) is 11.1. The van der Waals surface area contributed by atoms with E-state index in [-0.39, 0.29) is 0 Å². The molecule has 0 saturated heterocycles. The SMILES string of the molecule is CC(C)c1cc(-c2ncnc3sc4ccc5ccccc5c4c23)cc2ccccc12. The van der Waals surface area contributed by atoms with Crippen LogP contribution >= 0.6 is 11.3 Å². The van der Waals surface area contributed by atoms with Crippen molar-refractivity contribution in [3.05, 3.63) is 84.7 Å². The number of nitrogens with zero attached hydrogens (tertiary/aromatic N) is 2. The van der Waals surface area contributed by atoms with Gasteiger partial charge in [0.15, 0.2) is 0 Å². The van der Waals surface area contributed by atoms with Gasteiger partial charge in [-0.1, -0.05) is 68.4 Å². The molecule has 0 aliphatic heterocycles. The molecule has 0 unspecified atom stereocenters. The summed E-state index contributed by atoms with van der Waals surface area (Å²) < 4.78 is 1.26. The Balaban J connectivity index is 1.76. The Kier molecular flexibility index (Phi) is 3.87. The minimum atomic E-state index is 0.437. The van der Waals surface area contributed by atoms with Crippen LogP contribution in [0.4, 0.5) is 0 Å². The highest BCUT2D eigenvalue weighted by atomic mass is 32.1. The molecule has 30 heavy (non-hydrogen) atoms. The summed E-state index contributed by atoms with van der Waals surface area (Å²) in [5.41, 5.74) is 3.55. The highest BCUT2D eigenvalue weighted by molar-refractivity contribution is 7.25. The molecular formula is C27H20N2S. The molecule has 144 valence electrons. The summed E-state index contributed by atoms with van der Waals surface area (Å²) in [4.78, 5) is 10.5. The number of rotatable bonds is 2. The lowest BCUT2D eigenvalue weighted by Crippen LogP contribution is -1.93. The van der Waals surface area contributed by atoms with Crippen LogP contribution in [0.2, 0.25) is 0 Å². The van der Waals surface area contributed by atoms with E-state index in [1.807, 2.05) is 0 Å². The van der Waals surface area contributed by atoms with Gasteiger partial charge < -0.3 is 0 Å². The maximum absolute atomic E-state index is 4.81. The summed E-state index contributed by atoms with van der Waals surface area (Å²) in [6.07, 6.45) is 1.71. The summed E-state index contributed by atoms with van der Waals surface area (Å²) in [7, 11) is 0. The average Bonchev–Trinajstić information content (AvgIpc) is 3.17. The van der Waals surface area contributed by atoms with Gasteiger partial charge in [0.05, 0.1) is 5.69 Å². The van der Waals surface area contributed by atoms with Gasteiger partial charge in [-0.2, -0.15) is 0 Å². The van der Waals surface area contributed by atoms with E-state index in [4.69, 9.17) is 4.98 Å². The Labute approximate surface area is 178 Å². The largest absolute Gasteiger partial charge is 0.236 e. The van der Waals surface area contributed by atoms with E-state index in [9.17, 15) is 0 Å². The van der Waals surface area contributed by atoms with Crippen molar-refractivity contribution >= 4 is 53.2 Å². The monoisotopic (exact) mass is 404 g/mol. The Morgan fingerprint density at radius 1 is 0.733 bits per heavy atom. The Morgan fingerprint density at radius 3 is 2.33 bits per heavy atom. The first-order valence-electron chi connectivity index (χ1n) is 10.3. The van der Waals surface area contributed by atoms with E-state index in [0.29, 0.717) is 5.92 Å². The van der Waals surface area contributed by atoms with Crippen LogP contribution in [0.15, 0.2) is 79.1 Å². The Bertz CT molecular complexity index is 1580. The van der Waals surface area contributed by atoms with Gasteiger partial charge in [-0.05, 0) is 51.2 Å². The van der Waals surface area contributed by atoms with Crippen molar-refractivity contribution in [1.82, 2.24) is 9.97 Å². The van der Waals surface area contributed by atoms with Gasteiger partial charge in [-0.15, -0.1) is 11.3 Å². The molecule has 0 amide bonds. The second-order valence-electron chi connectivity index (χ2n) is 8.11. The maximum Gasteiger partial charge on any atom is 0.128 e. The minimum Gasteiger partial charge on any atom is -0.236 e. The van der Waals surface area contributed by atoms with Crippen molar-refractivity contribution < 1.29 is 0 Å². The number of aromatic nitrogens is 2. The lowest BCUT2D eigenvalue weighted by atomic mass is 9.92. The zero-order valence-electron chi connectivity index (χ0n) is 16.9. The van der Waals surface area contributed by atoms with Gasteiger partial charge >= 0.3 is 0 Å². The predicted molar refractivity (Wildman–Crippen MR) is 129 cm³/mol. The van der Waals surface area contributed by atoms with Crippen LogP contribution in [0.3, 0.4) is 0 Å². The molecule has 0 spiro atoms. The highest BCUT2D eigenvalue weighted by Gasteiger charge is 2.17. The molecule has 4 aromatic carbocycles. The third kappa shape index (κ3) is 2.55. The van der Waals surface area contributed by atoms with Crippen LogP contribution in [0.1, 0.15) is 25.3 Å². The van der Waals surface area contributed by atoms with Crippen LogP contribution < -0.4 is 0 Å². The van der Waals surface area contributed by atoms with Crippen LogP contribution in [0, 0.1) is 0 Å². The lowest BCUT2D eigenvalue weighted by molar-refractivity contribution is 0.876. The molecule has 0 bridgehead atoms. The van der Waals surface area contributed by atoms with Gasteiger partial charge in [-0.3, -0.25) is 0 Å². The first kappa shape index (κ1) is 17.5. The van der Waals surface area contributed by atoms with Gasteiger partial charge in [0.1, 0.15) is 11.2 Å². The van der Waals surface area contributed by atoms with E-state index in [1.165, 1.54) is 42.6 Å². The molecule has 2 heterocycles. The van der Waals surface area contributed by atoms with E-state index in [2.05, 4.69) is 91.6 Å². The van der Waals surface area contributed by atoms with Crippen molar-refractivity contribution in [1.29, 1.82) is 0 Å². The van der Waals surface area contributed by atoms with Crippen molar-refractivity contribution in [3.63, 3.8) is 0 Å². The molecule has 2 aromatic heterocycles. The molecule has 0 radical (unpaired) electrons. The highest BCUT2D eigenvalue weighted by Crippen LogP contribution is 2.42. The number of hydrogen-bond donors (Lipinski definition) is 0. The number of fused-ring (bicyclic) bond motifs is 6. The molecule has 0 N–H and O–H groups in total. The maximum atomic E-state index is 4.81. The molecule has 0 atom stereocenters. The summed E-state index contributed by atoms with van der Waals surface area (Å²) in [6, 6.07) is 26.3. The van der Waals surface area contributed by atoms with Crippen molar-refractivity contribution in [2.45, 2.75) is 19.8 Å². The van der Waals surface area contributed by atoms with Crippen LogP contribution in [-0.2, 0) is 0 Å². The summed E-state index contributed by atoms with van der Waals surface area (Å²) in [5, 5.41) is 7.53. The number of benzene rings is 4. The van der Waals surface area contributed by atoms with E-state index < -0.39 is 0 Å². The van der Waals surface area contributed by atoms with Crippen molar-refractivity contribution in [3.8, 4) is 11.3 Å². The van der Waals surface area contributed by atoms with Gasteiger partial charge in [0, 0.05) is 21.0 Å². The van der Waals surface area contributed by atoms with Crippen molar-refractivity contribution in [2.24, 2.45) is 0 Å². The Morgan fingerprint density at radius 2 is 1.50 bits per heavy atom. The second-order valence-corrected chi connectivity index (χ2v) is 9.14. The fourth-order valence-electron chi connectivity index (χ4n) is 4.54. The fourth-order valence-corrected chi connectivity index (χ4v) is 5.60. The smallest absolute Gasteiger partial charge is 0.128 e. The average molecular weight is 405 g/mol. The molecular weight excluding hydrogens is 384 g/mol. The minimum absolute atomic E-state index is 0.437. The van der Waals surface area contributed by atoms with Crippen molar-refractivity contribution in [2.75, 3.05) is 0 Å². The number of hydrogen-bond acceptors (Lipinski definition) is 3. The van der Waals surface area contributed by atoms with Crippen LogP contribution in [0.25, 0.3) is 53.1 Å². The lowest BCUT2D eigenvalue weighted by Gasteiger charge is -2.13. The van der Waals surface area contributed by atoms with Crippen LogP contribution in [0.5, 0.6) is 0 Å². The van der Waals surface area contributed by atoms with E-state index in [0.717, 1.165) is 16.1 Å². The van der Waals surface area contributed by atoms with Gasteiger partial charge in [0.2, 0.25) is 0 Å². The molecule has 0 aliphatic rings. The molecule has 0 saturated carbocycles. The zero-order valence-corrected chi connectivity index (χ0v) is 17.7. The zero-order chi connectivity index (χ0) is 20.2. The predicted octanol–water partition coefficient (Wildman–Crippen LogP) is 7.94. The molecule has 2 nitrogen and oxygen atoms in total. The quantitative estimate of drug-likeness (QED) is 0.293. The Hall–Kier alpha value is -3.30. The molecule has 6 aromatic rings. The summed E-state index contributed by atoms with van der Waals surface area (Å²) >= 11 is 1.75. The molecule has 0 fully saturated rings. The summed E-state index contributed by atoms with van der Waals surface area (Å²) in [6.45, 7) is 4.52. The van der Waals surface area contributed by atoms with E-state index >= 15 is 0 Å². The summed E-state index contributed by atoms with van der Waals surface area (Å²) in [5.74, 6) is 0.437. The third-order valence-corrected chi connectivity index (χ3v) is 7.01. The number of thiophene rings is 1. The van der Waals surface area contributed by atoms with E-state index in [1.54, 1.807) is 17.7 Å². The third-order valence-electron chi connectivity index (χ3n) is 5.95. The molecule has 3 heteroatoms. The molecule has 0 aliphatic carbocycles. The first-order chi connectivity index (χ1) is 14.7. The second kappa shape index (κ2) is 6.61.